The van der Waals surface area contributed by atoms with Crippen LogP contribution in [-0.2, 0) is 4.74 Å². The summed E-state index contributed by atoms with van der Waals surface area (Å²) in [4.78, 5) is 0. The highest BCUT2D eigenvalue weighted by atomic mass is 32.1. The Morgan fingerprint density at radius 1 is 0.542 bits per heavy atom. The first kappa shape index (κ1) is 23.9. The second kappa shape index (κ2) is 20.9. The van der Waals surface area contributed by atoms with Crippen molar-refractivity contribution in [2.45, 2.75) is 129 Å². The molecule has 0 unspecified atom stereocenters. The molecule has 24 heavy (non-hydrogen) atoms. The Bertz CT molecular complexity index is 252. The van der Waals surface area contributed by atoms with Crippen molar-refractivity contribution in [2.24, 2.45) is 0 Å². The first-order valence-electron chi connectivity index (χ1n) is 11.0. The summed E-state index contributed by atoms with van der Waals surface area (Å²) in [6.45, 7) is 5.28. The lowest BCUT2D eigenvalue weighted by Gasteiger charge is -2.06. The van der Waals surface area contributed by atoms with E-state index in [2.05, 4.69) is 13.8 Å². The lowest BCUT2D eigenvalue weighted by Crippen LogP contribution is -2.02. The number of ether oxygens (including phenoxy) is 1. The van der Waals surface area contributed by atoms with Gasteiger partial charge in [0.2, 0.25) is 0 Å². The van der Waals surface area contributed by atoms with Crippen LogP contribution in [-0.4, -0.2) is 11.7 Å². The van der Waals surface area contributed by atoms with Crippen molar-refractivity contribution in [3.63, 3.8) is 0 Å². The zero-order valence-electron chi connectivity index (χ0n) is 16.8. The highest BCUT2D eigenvalue weighted by Gasteiger charge is 1.98. The second-order valence-electron chi connectivity index (χ2n) is 7.27. The topological polar surface area (TPSA) is 9.23 Å². The third-order valence-corrected chi connectivity index (χ3v) is 5.07. The summed E-state index contributed by atoms with van der Waals surface area (Å²) in [6, 6.07) is 0. The fraction of sp³-hybridized carbons (Fsp3) is 0.955. The number of unbranched alkanes of at least 4 members (excludes halogenated alkanes) is 15. The van der Waals surface area contributed by atoms with Gasteiger partial charge < -0.3 is 4.74 Å². The van der Waals surface area contributed by atoms with E-state index in [0.29, 0.717) is 0 Å². The van der Waals surface area contributed by atoms with Crippen LogP contribution in [0, 0.1) is 0 Å². The van der Waals surface area contributed by atoms with Crippen molar-refractivity contribution >= 4 is 17.3 Å². The molecule has 0 aromatic carbocycles. The molecule has 0 aliphatic carbocycles. The third-order valence-electron chi connectivity index (χ3n) is 4.75. The zero-order valence-corrected chi connectivity index (χ0v) is 17.6. The standard InChI is InChI=1S/C22H44OS/c1-3-5-7-8-9-10-11-12-13-14-15-16-17-18-19-20-22(24)23-21-6-4-2/h3-21H2,1-2H3. The molecule has 144 valence electrons. The molecular formula is C22H44OS. The van der Waals surface area contributed by atoms with Crippen LogP contribution >= 0.6 is 12.2 Å². The Morgan fingerprint density at radius 2 is 0.917 bits per heavy atom. The zero-order chi connectivity index (χ0) is 17.7. The van der Waals surface area contributed by atoms with Crippen LogP contribution in [0.4, 0.5) is 0 Å². The SMILES string of the molecule is CCCCCCCCCCCCCCCCCC(=S)OCCCC. The molecule has 0 aliphatic heterocycles. The number of hydrogen-bond donors (Lipinski definition) is 0. The Morgan fingerprint density at radius 3 is 1.33 bits per heavy atom. The van der Waals surface area contributed by atoms with Gasteiger partial charge in [-0.25, -0.2) is 0 Å². The number of thiocarbonyl (C=S) groups is 1. The van der Waals surface area contributed by atoms with Crippen molar-refractivity contribution in [1.29, 1.82) is 0 Å². The van der Waals surface area contributed by atoms with Gasteiger partial charge >= 0.3 is 0 Å². The van der Waals surface area contributed by atoms with E-state index in [1.165, 1.54) is 103 Å². The van der Waals surface area contributed by atoms with E-state index in [9.17, 15) is 0 Å². The van der Waals surface area contributed by atoms with Crippen LogP contribution in [0.25, 0.3) is 0 Å². The summed E-state index contributed by atoms with van der Waals surface area (Å²) in [5.41, 5.74) is 0. The molecule has 0 saturated heterocycles. The first-order chi connectivity index (χ1) is 11.8. The average Bonchev–Trinajstić information content (AvgIpc) is 2.58. The molecule has 0 aliphatic rings. The van der Waals surface area contributed by atoms with E-state index >= 15 is 0 Å². The Kier molecular flexibility index (Phi) is 20.8. The number of rotatable bonds is 19. The second-order valence-corrected chi connectivity index (χ2v) is 7.73. The van der Waals surface area contributed by atoms with Crippen LogP contribution < -0.4 is 0 Å². The molecular weight excluding hydrogens is 312 g/mol. The average molecular weight is 357 g/mol. The van der Waals surface area contributed by atoms with E-state index < -0.39 is 0 Å². The van der Waals surface area contributed by atoms with Crippen molar-refractivity contribution < 1.29 is 4.74 Å². The van der Waals surface area contributed by atoms with E-state index in [1.807, 2.05) is 0 Å². The van der Waals surface area contributed by atoms with E-state index in [1.54, 1.807) is 0 Å². The predicted molar refractivity (Wildman–Crippen MR) is 113 cm³/mol. The molecule has 0 radical (unpaired) electrons. The van der Waals surface area contributed by atoms with Gasteiger partial charge in [0.15, 0.2) is 5.05 Å². The fourth-order valence-electron chi connectivity index (χ4n) is 3.04. The molecule has 0 rings (SSSR count). The van der Waals surface area contributed by atoms with Crippen LogP contribution in [0.1, 0.15) is 129 Å². The highest BCUT2D eigenvalue weighted by Crippen LogP contribution is 2.14. The van der Waals surface area contributed by atoms with E-state index in [4.69, 9.17) is 17.0 Å². The fourth-order valence-corrected chi connectivity index (χ4v) is 3.27. The number of hydrogen-bond acceptors (Lipinski definition) is 2. The molecule has 1 nitrogen and oxygen atoms in total. The van der Waals surface area contributed by atoms with Gasteiger partial charge in [-0.3, -0.25) is 0 Å². The van der Waals surface area contributed by atoms with Gasteiger partial charge in [0, 0.05) is 6.42 Å². The van der Waals surface area contributed by atoms with Crippen molar-refractivity contribution in [1.82, 2.24) is 0 Å². The third kappa shape index (κ3) is 19.9. The first-order valence-corrected chi connectivity index (χ1v) is 11.4. The molecule has 0 amide bonds. The Labute approximate surface area is 158 Å². The smallest absolute Gasteiger partial charge is 0.159 e. The predicted octanol–water partition coefficient (Wildman–Crippen LogP) is 8.39. The van der Waals surface area contributed by atoms with Crippen LogP contribution in [0.3, 0.4) is 0 Å². The summed E-state index contributed by atoms with van der Waals surface area (Å²) in [5.74, 6) is 0. The van der Waals surface area contributed by atoms with E-state index in [-0.39, 0.29) is 0 Å². The minimum atomic E-state index is 0.814. The maximum Gasteiger partial charge on any atom is 0.159 e. The summed E-state index contributed by atoms with van der Waals surface area (Å²) in [7, 11) is 0. The normalized spacial score (nSPS) is 10.9. The molecule has 0 bridgehead atoms. The molecule has 0 aromatic rings. The van der Waals surface area contributed by atoms with Crippen molar-refractivity contribution in [3.8, 4) is 0 Å². The van der Waals surface area contributed by atoms with Gasteiger partial charge in [0.25, 0.3) is 0 Å². The summed E-state index contributed by atoms with van der Waals surface area (Å²) in [5, 5.41) is 0.832. The van der Waals surface area contributed by atoms with Gasteiger partial charge in [-0.2, -0.15) is 0 Å². The van der Waals surface area contributed by atoms with Crippen molar-refractivity contribution in [3.05, 3.63) is 0 Å². The Balaban J connectivity index is 3.06. The maximum absolute atomic E-state index is 5.53. The largest absolute Gasteiger partial charge is 0.487 e. The quantitative estimate of drug-likeness (QED) is 0.170. The van der Waals surface area contributed by atoms with Gasteiger partial charge in [0.05, 0.1) is 6.61 Å². The Hall–Kier alpha value is -0.110. The summed E-state index contributed by atoms with van der Waals surface area (Å²) < 4.78 is 5.53. The van der Waals surface area contributed by atoms with Crippen LogP contribution in [0.15, 0.2) is 0 Å². The molecule has 0 heterocycles. The monoisotopic (exact) mass is 356 g/mol. The summed E-state index contributed by atoms with van der Waals surface area (Å²) >= 11 is 5.24. The maximum atomic E-state index is 5.53. The van der Waals surface area contributed by atoms with Gasteiger partial charge in [0.1, 0.15) is 0 Å². The summed E-state index contributed by atoms with van der Waals surface area (Å²) in [6.07, 6.45) is 24.4. The van der Waals surface area contributed by atoms with E-state index in [0.717, 1.165) is 24.5 Å². The minimum absolute atomic E-state index is 0.814. The molecule has 0 saturated carbocycles. The molecule has 0 N–H and O–H groups in total. The van der Waals surface area contributed by atoms with Gasteiger partial charge in [-0.1, -0.05) is 110 Å². The molecule has 0 aromatic heterocycles. The molecule has 0 spiro atoms. The molecule has 0 fully saturated rings. The molecule has 0 atom stereocenters. The lowest BCUT2D eigenvalue weighted by molar-refractivity contribution is 0.295. The van der Waals surface area contributed by atoms with Gasteiger partial charge in [-0.05, 0) is 25.1 Å². The van der Waals surface area contributed by atoms with Crippen molar-refractivity contribution in [2.75, 3.05) is 6.61 Å². The molecule has 2 heteroatoms. The lowest BCUT2D eigenvalue weighted by atomic mass is 10.0. The highest BCUT2D eigenvalue weighted by molar-refractivity contribution is 7.80. The van der Waals surface area contributed by atoms with Crippen LogP contribution in [0.2, 0.25) is 0 Å². The van der Waals surface area contributed by atoms with Crippen LogP contribution in [0.5, 0.6) is 0 Å². The van der Waals surface area contributed by atoms with Gasteiger partial charge in [-0.15, -0.1) is 0 Å². The minimum Gasteiger partial charge on any atom is -0.487 e.